The van der Waals surface area contributed by atoms with Crippen LogP contribution in [0.25, 0.3) is 0 Å². The lowest BCUT2D eigenvalue weighted by Crippen LogP contribution is -2.44. The van der Waals surface area contributed by atoms with Gasteiger partial charge in [-0.2, -0.15) is 0 Å². The minimum atomic E-state index is -4.06. The maximum Gasteiger partial charge on any atom is 0.257 e. The molecule has 1 aliphatic heterocycles. The second-order valence-corrected chi connectivity index (χ2v) is 9.58. The van der Waals surface area contributed by atoms with Crippen LogP contribution in [0.5, 0.6) is 0 Å². The van der Waals surface area contributed by atoms with Gasteiger partial charge < -0.3 is 0 Å². The third kappa shape index (κ3) is 4.32. The summed E-state index contributed by atoms with van der Waals surface area (Å²) in [6, 6.07) is 3.70. The predicted octanol–water partition coefficient (Wildman–Crippen LogP) is 0.738. The van der Waals surface area contributed by atoms with E-state index in [4.69, 9.17) is 23.2 Å². The molecule has 0 unspecified atom stereocenters. The minimum absolute atomic E-state index is 0.0816. The molecule has 1 aliphatic rings. The summed E-state index contributed by atoms with van der Waals surface area (Å²) in [5.74, 6) is -1.83. The molecule has 1 saturated heterocycles. The van der Waals surface area contributed by atoms with Crippen molar-refractivity contribution in [3.05, 3.63) is 28.2 Å². The first-order valence-electron chi connectivity index (χ1n) is 6.07. The Morgan fingerprint density at radius 3 is 2.27 bits per heavy atom. The zero-order chi connectivity index (χ0) is 16.5. The van der Waals surface area contributed by atoms with E-state index in [2.05, 4.69) is 0 Å². The summed E-state index contributed by atoms with van der Waals surface area (Å²) in [7, 11) is -7.29. The molecular weight excluding hydrogens is 375 g/mol. The van der Waals surface area contributed by atoms with Crippen molar-refractivity contribution in [2.24, 2.45) is 5.92 Å². The number of hydrogen-bond donors (Lipinski definition) is 2. The molecule has 0 radical (unpaired) electrons. The number of sulfone groups is 1. The molecule has 0 saturated carbocycles. The van der Waals surface area contributed by atoms with Gasteiger partial charge in [-0.05, 0) is 24.6 Å². The molecule has 2 N–H and O–H groups in total. The van der Waals surface area contributed by atoms with Crippen LogP contribution in [-0.2, 0) is 24.7 Å². The molecule has 1 atom stereocenters. The number of carbonyl (C=O) groups is 1. The van der Waals surface area contributed by atoms with E-state index < -0.39 is 31.7 Å². The van der Waals surface area contributed by atoms with E-state index in [1.165, 1.54) is 18.2 Å². The Morgan fingerprint density at radius 2 is 1.77 bits per heavy atom. The normalized spacial score (nSPS) is 20.7. The number of hydrazine groups is 1. The standard InChI is InChI=1S/C11H12Cl2N2O5S2/c12-8-3-9(13)5-10(4-8)22(19,20)15-14-11(16)7-1-2-21(17,18)6-7/h3-5,7,15H,1-2,6H2,(H,14,16)/t7-/m0/s1. The fraction of sp³-hybridized carbons (Fsp3) is 0.364. The van der Waals surface area contributed by atoms with Crippen LogP contribution in [-0.4, -0.2) is 34.2 Å². The van der Waals surface area contributed by atoms with E-state index in [9.17, 15) is 21.6 Å². The van der Waals surface area contributed by atoms with Crippen LogP contribution in [0.4, 0.5) is 0 Å². The lowest BCUT2D eigenvalue weighted by Gasteiger charge is -2.11. The second-order valence-electron chi connectivity index (χ2n) is 4.80. The number of amides is 1. The van der Waals surface area contributed by atoms with Gasteiger partial charge in [-0.1, -0.05) is 23.2 Å². The molecule has 0 spiro atoms. The summed E-state index contributed by atoms with van der Waals surface area (Å²) >= 11 is 11.4. The van der Waals surface area contributed by atoms with Crippen molar-refractivity contribution in [3.63, 3.8) is 0 Å². The molecule has 7 nitrogen and oxygen atoms in total. The molecule has 0 aromatic heterocycles. The molecule has 0 bridgehead atoms. The zero-order valence-corrected chi connectivity index (χ0v) is 14.2. The Bertz CT molecular complexity index is 788. The van der Waals surface area contributed by atoms with Gasteiger partial charge >= 0.3 is 0 Å². The Balaban J connectivity index is 2.05. The highest BCUT2D eigenvalue weighted by molar-refractivity contribution is 7.91. The number of carbonyl (C=O) groups excluding carboxylic acids is 1. The number of sulfonamides is 1. The number of nitrogens with one attached hydrogen (secondary N) is 2. The van der Waals surface area contributed by atoms with E-state index in [-0.39, 0.29) is 32.9 Å². The Kier molecular flexibility index (Phi) is 5.03. The van der Waals surface area contributed by atoms with Gasteiger partial charge in [0.25, 0.3) is 10.0 Å². The SMILES string of the molecule is O=C(NNS(=O)(=O)c1cc(Cl)cc(Cl)c1)[C@H]1CCS(=O)(=O)C1. The number of benzene rings is 1. The number of halogens is 2. The van der Waals surface area contributed by atoms with Gasteiger partial charge in [-0.3, -0.25) is 10.2 Å². The van der Waals surface area contributed by atoms with Crippen molar-refractivity contribution in [3.8, 4) is 0 Å². The topological polar surface area (TPSA) is 109 Å². The minimum Gasteiger partial charge on any atom is -0.277 e. The van der Waals surface area contributed by atoms with Crippen molar-refractivity contribution in [1.29, 1.82) is 0 Å². The molecule has 122 valence electrons. The van der Waals surface area contributed by atoms with Crippen molar-refractivity contribution in [2.75, 3.05) is 11.5 Å². The molecule has 2 rings (SSSR count). The Hall–Kier alpha value is -0.870. The fourth-order valence-corrected chi connectivity index (χ4v) is 5.28. The van der Waals surface area contributed by atoms with Crippen molar-refractivity contribution < 1.29 is 21.6 Å². The lowest BCUT2D eigenvalue weighted by atomic mass is 10.1. The van der Waals surface area contributed by atoms with E-state index in [1.807, 2.05) is 10.3 Å². The van der Waals surface area contributed by atoms with Crippen LogP contribution in [0.3, 0.4) is 0 Å². The monoisotopic (exact) mass is 386 g/mol. The van der Waals surface area contributed by atoms with E-state index in [0.717, 1.165) is 0 Å². The third-order valence-electron chi connectivity index (χ3n) is 3.06. The molecule has 1 amide bonds. The molecule has 1 aromatic rings. The average Bonchev–Trinajstić information content (AvgIpc) is 2.75. The smallest absolute Gasteiger partial charge is 0.257 e. The molecule has 1 fully saturated rings. The van der Waals surface area contributed by atoms with Gasteiger partial charge in [0.2, 0.25) is 5.91 Å². The van der Waals surface area contributed by atoms with Crippen molar-refractivity contribution >= 4 is 49.0 Å². The third-order valence-corrected chi connectivity index (χ3v) is 6.49. The molecule has 22 heavy (non-hydrogen) atoms. The average molecular weight is 387 g/mol. The summed E-state index contributed by atoms with van der Waals surface area (Å²) in [5.41, 5.74) is 2.01. The van der Waals surface area contributed by atoms with Gasteiger partial charge in [-0.25, -0.2) is 16.8 Å². The highest BCUT2D eigenvalue weighted by Crippen LogP contribution is 2.22. The second kappa shape index (κ2) is 6.32. The zero-order valence-electron chi connectivity index (χ0n) is 11.0. The summed E-state index contributed by atoms with van der Waals surface area (Å²) in [6.07, 6.45) is 0.166. The summed E-state index contributed by atoms with van der Waals surface area (Å²) in [4.78, 5) is 13.5. The summed E-state index contributed by atoms with van der Waals surface area (Å²) < 4.78 is 46.6. The summed E-state index contributed by atoms with van der Waals surface area (Å²) in [5, 5.41) is 0.252. The Morgan fingerprint density at radius 1 is 1.18 bits per heavy atom. The molecule has 11 heteroatoms. The first-order valence-corrected chi connectivity index (χ1v) is 10.1. The summed E-state index contributed by atoms with van der Waals surface area (Å²) in [6.45, 7) is 0. The quantitative estimate of drug-likeness (QED) is 0.741. The van der Waals surface area contributed by atoms with Crippen LogP contribution in [0.1, 0.15) is 6.42 Å². The van der Waals surface area contributed by atoms with E-state index in [1.54, 1.807) is 0 Å². The van der Waals surface area contributed by atoms with Crippen LogP contribution in [0.2, 0.25) is 10.0 Å². The van der Waals surface area contributed by atoms with Crippen LogP contribution >= 0.6 is 23.2 Å². The van der Waals surface area contributed by atoms with Gasteiger partial charge in [0.15, 0.2) is 9.84 Å². The highest BCUT2D eigenvalue weighted by Gasteiger charge is 2.33. The van der Waals surface area contributed by atoms with E-state index in [0.29, 0.717) is 0 Å². The molecule has 1 aromatic carbocycles. The maximum atomic E-state index is 12.0. The number of hydrogen-bond acceptors (Lipinski definition) is 5. The van der Waals surface area contributed by atoms with Gasteiger partial charge in [-0.15, -0.1) is 4.83 Å². The van der Waals surface area contributed by atoms with Crippen molar-refractivity contribution in [2.45, 2.75) is 11.3 Å². The predicted molar refractivity (Wildman–Crippen MR) is 81.7 cm³/mol. The first kappa shape index (κ1) is 17.5. The molecular formula is C11H12Cl2N2O5S2. The maximum absolute atomic E-state index is 12.0. The van der Waals surface area contributed by atoms with E-state index >= 15 is 0 Å². The lowest BCUT2D eigenvalue weighted by molar-refractivity contribution is -0.124. The number of rotatable bonds is 4. The van der Waals surface area contributed by atoms with Gasteiger partial charge in [0.05, 0.1) is 22.3 Å². The van der Waals surface area contributed by atoms with Gasteiger partial charge in [0.1, 0.15) is 0 Å². The first-order chi connectivity index (χ1) is 10.1. The molecule has 1 heterocycles. The Labute approximate surface area is 137 Å². The van der Waals surface area contributed by atoms with Crippen LogP contribution < -0.4 is 10.3 Å². The van der Waals surface area contributed by atoms with Gasteiger partial charge in [0, 0.05) is 10.0 Å². The fourth-order valence-electron chi connectivity index (χ4n) is 1.96. The van der Waals surface area contributed by atoms with Crippen molar-refractivity contribution in [1.82, 2.24) is 10.3 Å². The molecule has 0 aliphatic carbocycles. The van der Waals surface area contributed by atoms with Crippen LogP contribution in [0, 0.1) is 5.92 Å². The van der Waals surface area contributed by atoms with Crippen LogP contribution in [0.15, 0.2) is 23.1 Å². The highest BCUT2D eigenvalue weighted by atomic mass is 35.5. The largest absolute Gasteiger partial charge is 0.277 e.